The summed E-state index contributed by atoms with van der Waals surface area (Å²) < 4.78 is 35.1. The van der Waals surface area contributed by atoms with Gasteiger partial charge in [-0.1, -0.05) is 12.1 Å². The van der Waals surface area contributed by atoms with E-state index >= 15 is 0 Å². The molecular formula is C29H34FN3O6. The molecule has 9 nitrogen and oxygen atoms in total. The Hall–Kier alpha value is -3.89. The Morgan fingerprint density at radius 2 is 1.64 bits per heavy atom. The number of hydrogen-bond acceptors (Lipinski definition) is 7. The fourth-order valence-corrected chi connectivity index (χ4v) is 4.35. The quantitative estimate of drug-likeness (QED) is 0.349. The maximum atomic E-state index is 13.8. The van der Waals surface area contributed by atoms with E-state index in [-0.39, 0.29) is 37.3 Å². The molecule has 0 bridgehead atoms. The Balaban J connectivity index is 1.56. The van der Waals surface area contributed by atoms with E-state index in [1.165, 1.54) is 26.4 Å². The lowest BCUT2D eigenvalue weighted by atomic mass is 10.1. The summed E-state index contributed by atoms with van der Waals surface area (Å²) in [6.45, 7) is 4.03. The van der Waals surface area contributed by atoms with Gasteiger partial charge in [0.1, 0.15) is 29.6 Å². The fourth-order valence-electron chi connectivity index (χ4n) is 4.35. The minimum atomic E-state index is -0.351. The molecule has 0 saturated carbocycles. The van der Waals surface area contributed by atoms with Gasteiger partial charge in [0.2, 0.25) is 5.91 Å². The summed E-state index contributed by atoms with van der Waals surface area (Å²) >= 11 is 0. The van der Waals surface area contributed by atoms with Crippen LogP contribution in [0.2, 0.25) is 0 Å². The molecule has 2 amide bonds. The molecule has 0 spiro atoms. The van der Waals surface area contributed by atoms with E-state index in [1.807, 2.05) is 0 Å². The van der Waals surface area contributed by atoms with Crippen molar-refractivity contribution in [3.05, 3.63) is 83.6 Å². The number of methoxy groups -OCH3 is 2. The van der Waals surface area contributed by atoms with Crippen molar-refractivity contribution in [1.82, 2.24) is 14.7 Å². The predicted octanol–water partition coefficient (Wildman–Crippen LogP) is 3.44. The third kappa shape index (κ3) is 8.05. The van der Waals surface area contributed by atoms with Crippen molar-refractivity contribution in [3.8, 4) is 11.5 Å². The molecule has 1 aliphatic heterocycles. The minimum Gasteiger partial charge on any atom is -0.497 e. The summed E-state index contributed by atoms with van der Waals surface area (Å²) in [6, 6.07) is 14.5. The van der Waals surface area contributed by atoms with Crippen LogP contribution in [0.3, 0.4) is 0 Å². The van der Waals surface area contributed by atoms with Crippen molar-refractivity contribution in [3.63, 3.8) is 0 Å². The summed E-state index contributed by atoms with van der Waals surface area (Å²) in [5.41, 5.74) is 1.12. The summed E-state index contributed by atoms with van der Waals surface area (Å²) in [5, 5.41) is 0. The number of carbonyl (C=O) groups excluding carboxylic acids is 2. The highest BCUT2D eigenvalue weighted by Gasteiger charge is 2.25. The minimum absolute atomic E-state index is 0.148. The Bertz CT molecular complexity index is 1190. The highest BCUT2D eigenvalue weighted by atomic mass is 19.1. The molecule has 1 aromatic heterocycles. The number of morpholine rings is 1. The van der Waals surface area contributed by atoms with Crippen LogP contribution >= 0.6 is 0 Å². The van der Waals surface area contributed by atoms with Crippen LogP contribution in [0, 0.1) is 5.82 Å². The predicted molar refractivity (Wildman–Crippen MR) is 142 cm³/mol. The van der Waals surface area contributed by atoms with Crippen LogP contribution in [-0.4, -0.2) is 86.7 Å². The molecule has 0 atom stereocenters. The zero-order valence-corrected chi connectivity index (χ0v) is 22.3. The molecule has 0 aliphatic carbocycles. The van der Waals surface area contributed by atoms with Crippen molar-refractivity contribution in [2.24, 2.45) is 0 Å². The molecule has 2 aromatic carbocycles. The van der Waals surface area contributed by atoms with E-state index in [0.717, 1.165) is 18.7 Å². The van der Waals surface area contributed by atoms with Gasteiger partial charge >= 0.3 is 0 Å². The third-order valence-electron chi connectivity index (χ3n) is 6.57. The maximum Gasteiger partial charge on any atom is 0.254 e. The number of amides is 2. The highest BCUT2D eigenvalue weighted by molar-refractivity contribution is 5.97. The van der Waals surface area contributed by atoms with E-state index < -0.39 is 0 Å². The lowest BCUT2D eigenvalue weighted by Crippen LogP contribution is -2.47. The summed E-state index contributed by atoms with van der Waals surface area (Å²) in [5.74, 6) is 0.640. The first-order valence-electron chi connectivity index (χ1n) is 12.8. The van der Waals surface area contributed by atoms with Gasteiger partial charge in [-0.25, -0.2) is 4.39 Å². The molecule has 4 rings (SSSR count). The first kappa shape index (κ1) is 28.1. The second-order valence-corrected chi connectivity index (χ2v) is 9.24. The first-order valence-corrected chi connectivity index (χ1v) is 12.8. The smallest absolute Gasteiger partial charge is 0.254 e. The summed E-state index contributed by atoms with van der Waals surface area (Å²) in [4.78, 5) is 32.8. The first-order chi connectivity index (χ1) is 18.9. The van der Waals surface area contributed by atoms with Crippen molar-refractivity contribution >= 4 is 11.8 Å². The fraction of sp³-hybridized carbons (Fsp3) is 0.379. The second-order valence-electron chi connectivity index (χ2n) is 9.24. The van der Waals surface area contributed by atoms with Crippen molar-refractivity contribution < 1.29 is 32.6 Å². The Morgan fingerprint density at radius 3 is 2.26 bits per heavy atom. The summed E-state index contributed by atoms with van der Waals surface area (Å²) in [6.07, 6.45) is 1.55. The van der Waals surface area contributed by atoms with E-state index in [0.29, 0.717) is 49.1 Å². The Labute approximate surface area is 227 Å². The van der Waals surface area contributed by atoms with Gasteiger partial charge in [-0.2, -0.15) is 0 Å². The number of nitrogens with zero attached hydrogens (tertiary/aromatic N) is 3. The lowest BCUT2D eigenvalue weighted by Gasteiger charge is -2.31. The monoisotopic (exact) mass is 539 g/mol. The van der Waals surface area contributed by atoms with Gasteiger partial charge in [0.05, 0.1) is 40.2 Å². The molecule has 39 heavy (non-hydrogen) atoms. The Morgan fingerprint density at radius 1 is 0.949 bits per heavy atom. The number of benzene rings is 2. The van der Waals surface area contributed by atoms with Crippen LogP contribution in [0.1, 0.15) is 21.7 Å². The molecule has 10 heteroatoms. The van der Waals surface area contributed by atoms with Gasteiger partial charge in [-0.05, 0) is 42.0 Å². The van der Waals surface area contributed by atoms with Gasteiger partial charge in [0.15, 0.2) is 0 Å². The average Bonchev–Trinajstić information content (AvgIpc) is 3.49. The van der Waals surface area contributed by atoms with Gasteiger partial charge in [0.25, 0.3) is 5.91 Å². The van der Waals surface area contributed by atoms with Gasteiger partial charge in [-0.15, -0.1) is 0 Å². The van der Waals surface area contributed by atoms with Crippen LogP contribution in [0.4, 0.5) is 4.39 Å². The number of rotatable bonds is 12. The summed E-state index contributed by atoms with van der Waals surface area (Å²) in [7, 11) is 3.04. The van der Waals surface area contributed by atoms with Crippen molar-refractivity contribution in [1.29, 1.82) is 0 Å². The topological polar surface area (TPSA) is 84.7 Å². The largest absolute Gasteiger partial charge is 0.497 e. The van der Waals surface area contributed by atoms with Gasteiger partial charge in [0, 0.05) is 44.4 Å². The van der Waals surface area contributed by atoms with Crippen LogP contribution < -0.4 is 9.47 Å². The number of halogens is 1. The van der Waals surface area contributed by atoms with Crippen molar-refractivity contribution in [2.75, 3.05) is 60.2 Å². The normalized spacial score (nSPS) is 13.6. The number of carbonyl (C=O) groups is 2. The maximum absolute atomic E-state index is 13.8. The highest BCUT2D eigenvalue weighted by Crippen LogP contribution is 2.24. The molecule has 1 aliphatic rings. The number of ether oxygens (including phenoxy) is 3. The molecule has 1 fully saturated rings. The van der Waals surface area contributed by atoms with Crippen LogP contribution in [0.5, 0.6) is 11.5 Å². The van der Waals surface area contributed by atoms with Gasteiger partial charge < -0.3 is 28.4 Å². The van der Waals surface area contributed by atoms with Crippen LogP contribution in [0.25, 0.3) is 0 Å². The molecular weight excluding hydrogens is 505 g/mol. The molecule has 1 saturated heterocycles. The standard InChI is InChI=1S/C29H34FN3O6/c1-36-26-16-23(17-27(18-26)37-2)29(35)32(10-9-31-11-14-38-15-12-31)21-28(34)33(20-25-4-3-13-39-25)19-22-5-7-24(30)8-6-22/h3-8,13,16-18H,9-12,14-15,19-21H2,1-2H3. The van der Waals surface area contributed by atoms with E-state index in [4.69, 9.17) is 18.6 Å². The third-order valence-corrected chi connectivity index (χ3v) is 6.57. The zero-order chi connectivity index (χ0) is 27.6. The Kier molecular flexibility index (Phi) is 9.93. The van der Waals surface area contributed by atoms with E-state index in [1.54, 1.807) is 58.5 Å². The molecule has 208 valence electrons. The van der Waals surface area contributed by atoms with Crippen LogP contribution in [-0.2, 0) is 22.6 Å². The van der Waals surface area contributed by atoms with E-state index in [9.17, 15) is 14.0 Å². The van der Waals surface area contributed by atoms with Crippen LogP contribution in [0.15, 0.2) is 65.3 Å². The number of furan rings is 1. The molecule has 3 aromatic rings. The van der Waals surface area contributed by atoms with Crippen molar-refractivity contribution in [2.45, 2.75) is 13.1 Å². The zero-order valence-electron chi connectivity index (χ0n) is 22.3. The molecule has 0 radical (unpaired) electrons. The molecule has 0 unspecified atom stereocenters. The molecule has 0 N–H and O–H groups in total. The average molecular weight is 540 g/mol. The van der Waals surface area contributed by atoms with Gasteiger partial charge in [-0.3, -0.25) is 14.5 Å². The second kappa shape index (κ2) is 13.8. The number of hydrogen-bond donors (Lipinski definition) is 0. The lowest BCUT2D eigenvalue weighted by molar-refractivity contribution is -0.133. The van der Waals surface area contributed by atoms with E-state index in [2.05, 4.69) is 4.90 Å². The molecule has 2 heterocycles. The SMILES string of the molecule is COc1cc(OC)cc(C(=O)N(CCN2CCOCC2)CC(=O)N(Cc2ccc(F)cc2)Cc2ccco2)c1.